The van der Waals surface area contributed by atoms with E-state index in [1.807, 2.05) is 6.07 Å². The first kappa shape index (κ1) is 10.2. The second-order valence-electron chi connectivity index (χ2n) is 2.47. The molecule has 0 amide bonds. The Bertz CT molecular complexity index is 215. The van der Waals surface area contributed by atoms with Gasteiger partial charge in [0.05, 0.1) is 6.61 Å². The zero-order chi connectivity index (χ0) is 7.56. The minimum atomic E-state index is 0. The van der Waals surface area contributed by atoms with Crippen LogP contribution < -0.4 is 0 Å². The largest absolute Gasteiger partial charge is 0.390 e. The highest BCUT2D eigenvalue weighted by Gasteiger charge is 1.99. The van der Waals surface area contributed by atoms with Crippen molar-refractivity contribution >= 4 is 0 Å². The number of aliphatic hydroxyl groups excluding tert-OH is 1. The van der Waals surface area contributed by atoms with Crippen molar-refractivity contribution in [3.05, 3.63) is 23.0 Å². The number of hydrogen-bond donors (Lipinski definition) is 2. The molecule has 0 aromatic carbocycles. The quantitative estimate of drug-likeness (QED) is 0.673. The fraction of sp³-hybridized carbons (Fsp3) is 0.556. The van der Waals surface area contributed by atoms with Crippen LogP contribution in [0.3, 0.4) is 0 Å². The molecule has 11 heavy (non-hydrogen) atoms. The van der Waals surface area contributed by atoms with E-state index in [0.29, 0.717) is 0 Å². The number of H-pyrrole nitrogens is 1. The maximum absolute atomic E-state index is 8.74. The SMILES string of the molecule is C.CCc1[nH]c(CO)cc1C. The lowest BCUT2D eigenvalue weighted by Gasteiger charge is -1.90. The van der Waals surface area contributed by atoms with Gasteiger partial charge >= 0.3 is 0 Å². The predicted octanol–water partition coefficient (Wildman–Crippen LogP) is 2.01. The maximum Gasteiger partial charge on any atom is 0.0830 e. The van der Waals surface area contributed by atoms with Crippen LogP contribution in [-0.2, 0) is 13.0 Å². The molecule has 0 unspecified atom stereocenters. The molecule has 0 aliphatic rings. The molecule has 0 saturated carbocycles. The number of aryl methyl sites for hydroxylation is 2. The van der Waals surface area contributed by atoms with Gasteiger partial charge in [0.2, 0.25) is 0 Å². The van der Waals surface area contributed by atoms with Crippen LogP contribution in [0.15, 0.2) is 6.07 Å². The van der Waals surface area contributed by atoms with E-state index in [1.54, 1.807) is 0 Å². The van der Waals surface area contributed by atoms with Crippen molar-refractivity contribution in [1.82, 2.24) is 4.98 Å². The van der Waals surface area contributed by atoms with Crippen LogP contribution in [0.1, 0.15) is 31.3 Å². The van der Waals surface area contributed by atoms with E-state index in [4.69, 9.17) is 5.11 Å². The van der Waals surface area contributed by atoms with Gasteiger partial charge in [-0.1, -0.05) is 14.4 Å². The third-order valence-electron chi connectivity index (χ3n) is 1.70. The van der Waals surface area contributed by atoms with E-state index in [1.165, 1.54) is 11.3 Å². The minimum Gasteiger partial charge on any atom is -0.390 e. The van der Waals surface area contributed by atoms with E-state index in [0.717, 1.165) is 12.1 Å². The summed E-state index contributed by atoms with van der Waals surface area (Å²) in [4.78, 5) is 3.13. The third-order valence-corrected chi connectivity index (χ3v) is 1.70. The van der Waals surface area contributed by atoms with Gasteiger partial charge in [-0.05, 0) is 25.0 Å². The molecule has 0 atom stereocenters. The van der Waals surface area contributed by atoms with Crippen molar-refractivity contribution in [3.8, 4) is 0 Å². The summed E-state index contributed by atoms with van der Waals surface area (Å²) in [6.45, 7) is 4.26. The lowest BCUT2D eigenvalue weighted by molar-refractivity contribution is 0.277. The topological polar surface area (TPSA) is 36.0 Å². The molecule has 1 aromatic rings. The van der Waals surface area contributed by atoms with Crippen LogP contribution in [0.25, 0.3) is 0 Å². The summed E-state index contributed by atoms with van der Waals surface area (Å²) < 4.78 is 0. The molecule has 1 heterocycles. The normalized spacial score (nSPS) is 9.36. The molecule has 64 valence electrons. The molecular weight excluding hydrogens is 138 g/mol. The van der Waals surface area contributed by atoms with Gasteiger partial charge in [0.15, 0.2) is 0 Å². The molecule has 1 aromatic heterocycles. The Morgan fingerprint density at radius 1 is 1.55 bits per heavy atom. The predicted molar refractivity (Wildman–Crippen MR) is 47.6 cm³/mol. The first-order chi connectivity index (χ1) is 4.77. The first-order valence-corrected chi connectivity index (χ1v) is 3.56. The van der Waals surface area contributed by atoms with Crippen LogP contribution in [-0.4, -0.2) is 10.1 Å². The van der Waals surface area contributed by atoms with Crippen LogP contribution in [0, 0.1) is 6.92 Å². The van der Waals surface area contributed by atoms with Crippen molar-refractivity contribution in [3.63, 3.8) is 0 Å². The van der Waals surface area contributed by atoms with Gasteiger partial charge < -0.3 is 10.1 Å². The van der Waals surface area contributed by atoms with Crippen LogP contribution >= 0.6 is 0 Å². The van der Waals surface area contributed by atoms with Gasteiger partial charge in [-0.2, -0.15) is 0 Å². The molecule has 0 aliphatic heterocycles. The standard InChI is InChI=1S/C8H13NO.CH4/c1-3-8-6(2)4-7(5-10)9-8;/h4,9-10H,3,5H2,1-2H3;1H4. The number of rotatable bonds is 2. The number of aliphatic hydroxyl groups is 1. The highest BCUT2D eigenvalue weighted by atomic mass is 16.3. The minimum absolute atomic E-state index is 0. The van der Waals surface area contributed by atoms with Crippen LogP contribution in [0.4, 0.5) is 0 Å². The van der Waals surface area contributed by atoms with Gasteiger partial charge in [0, 0.05) is 11.4 Å². The van der Waals surface area contributed by atoms with Gasteiger partial charge in [0.25, 0.3) is 0 Å². The molecule has 2 heteroatoms. The molecule has 0 fully saturated rings. The summed E-state index contributed by atoms with van der Waals surface area (Å²) in [6.07, 6.45) is 1.01. The molecule has 2 N–H and O–H groups in total. The zero-order valence-electron chi connectivity index (χ0n) is 6.44. The molecule has 0 radical (unpaired) electrons. The van der Waals surface area contributed by atoms with Gasteiger partial charge in [0.1, 0.15) is 0 Å². The average Bonchev–Trinajstić information content (AvgIpc) is 2.30. The molecule has 0 aliphatic carbocycles. The Labute approximate surface area is 68.3 Å². The highest BCUT2D eigenvalue weighted by Crippen LogP contribution is 2.09. The lowest BCUT2D eigenvalue weighted by Crippen LogP contribution is -1.84. The Morgan fingerprint density at radius 2 is 2.18 bits per heavy atom. The van der Waals surface area contributed by atoms with Crippen LogP contribution in [0.5, 0.6) is 0 Å². The molecule has 2 nitrogen and oxygen atoms in total. The molecule has 0 spiro atoms. The first-order valence-electron chi connectivity index (χ1n) is 3.56. The van der Waals surface area contributed by atoms with Gasteiger partial charge in [-0.3, -0.25) is 0 Å². The van der Waals surface area contributed by atoms with Crippen molar-refractivity contribution in [2.45, 2.75) is 34.3 Å². The van der Waals surface area contributed by atoms with Gasteiger partial charge in [-0.25, -0.2) is 0 Å². The van der Waals surface area contributed by atoms with E-state index >= 15 is 0 Å². The fourth-order valence-corrected chi connectivity index (χ4v) is 1.13. The van der Waals surface area contributed by atoms with Crippen molar-refractivity contribution in [2.75, 3.05) is 0 Å². The summed E-state index contributed by atoms with van der Waals surface area (Å²) in [6, 6.07) is 1.98. The zero-order valence-corrected chi connectivity index (χ0v) is 6.44. The number of nitrogens with one attached hydrogen (secondary N) is 1. The lowest BCUT2D eigenvalue weighted by atomic mass is 10.2. The Hall–Kier alpha value is -0.760. The smallest absolute Gasteiger partial charge is 0.0830 e. The fourth-order valence-electron chi connectivity index (χ4n) is 1.13. The monoisotopic (exact) mass is 155 g/mol. The number of hydrogen-bond acceptors (Lipinski definition) is 1. The second kappa shape index (κ2) is 4.19. The Balaban J connectivity index is 0.000001000. The van der Waals surface area contributed by atoms with E-state index < -0.39 is 0 Å². The van der Waals surface area contributed by atoms with Gasteiger partial charge in [-0.15, -0.1) is 0 Å². The third kappa shape index (κ3) is 2.09. The number of aromatic amines is 1. The van der Waals surface area contributed by atoms with E-state index in [-0.39, 0.29) is 14.0 Å². The molecule has 0 saturated heterocycles. The van der Waals surface area contributed by atoms with Crippen molar-refractivity contribution in [2.24, 2.45) is 0 Å². The van der Waals surface area contributed by atoms with E-state index in [2.05, 4.69) is 18.8 Å². The Morgan fingerprint density at radius 3 is 2.45 bits per heavy atom. The summed E-state index contributed by atoms with van der Waals surface area (Å²) in [7, 11) is 0. The van der Waals surface area contributed by atoms with Crippen molar-refractivity contribution < 1.29 is 5.11 Å². The maximum atomic E-state index is 8.74. The summed E-state index contributed by atoms with van der Waals surface area (Å²) in [5.74, 6) is 0. The van der Waals surface area contributed by atoms with E-state index in [9.17, 15) is 0 Å². The highest BCUT2D eigenvalue weighted by molar-refractivity contribution is 5.23. The van der Waals surface area contributed by atoms with Crippen molar-refractivity contribution in [1.29, 1.82) is 0 Å². The molecule has 0 bridgehead atoms. The average molecular weight is 155 g/mol. The summed E-state index contributed by atoms with van der Waals surface area (Å²) >= 11 is 0. The second-order valence-corrected chi connectivity index (χ2v) is 2.47. The molecular formula is C9H17NO. The number of aromatic nitrogens is 1. The Kier molecular flexibility index (Phi) is 3.90. The van der Waals surface area contributed by atoms with Crippen LogP contribution in [0.2, 0.25) is 0 Å². The molecule has 1 rings (SSSR count). The summed E-state index contributed by atoms with van der Waals surface area (Å²) in [5.41, 5.74) is 3.38. The summed E-state index contributed by atoms with van der Waals surface area (Å²) in [5, 5.41) is 8.74.